The molecule has 358 valence electrons. The summed E-state index contributed by atoms with van der Waals surface area (Å²) in [7, 11) is 0. The average molecular weight is 971 g/mol. The largest absolute Gasteiger partial charge is 0.311 e. The SMILES string of the molecule is Cc1ccc(-c2cc3c4c(c2)N(c2ccccc2)c2cc5c(cc2B4c2ccccc2N3c2ccccc2)B2c3ccccc3N(c3ccccc3)c3cc(-c4ccc(C)cc4C)cc(c32)N5c2ccccc2)c(C)c1. The molecule has 0 spiro atoms. The Morgan fingerprint density at radius 1 is 0.250 bits per heavy atom. The smallest absolute Gasteiger partial charge is 0.252 e. The molecule has 0 bridgehead atoms. The lowest BCUT2D eigenvalue weighted by molar-refractivity contribution is 1.23. The molecule has 0 saturated carbocycles. The van der Waals surface area contributed by atoms with Crippen molar-refractivity contribution < 1.29 is 0 Å². The van der Waals surface area contributed by atoms with Crippen molar-refractivity contribution in [1.82, 2.24) is 0 Å². The molecule has 15 rings (SSSR count). The third-order valence-corrected chi connectivity index (χ3v) is 16.5. The highest BCUT2D eigenvalue weighted by molar-refractivity contribution is 7.03. The van der Waals surface area contributed by atoms with Crippen molar-refractivity contribution in [3.05, 3.63) is 265 Å². The van der Waals surface area contributed by atoms with Crippen molar-refractivity contribution in [2.45, 2.75) is 27.7 Å². The van der Waals surface area contributed by atoms with E-state index in [9.17, 15) is 0 Å². The van der Waals surface area contributed by atoms with Crippen LogP contribution in [0.1, 0.15) is 22.3 Å². The average Bonchev–Trinajstić information content (AvgIpc) is 3.61. The standard InChI is InChI=1S/C70H52B2N4/c1-45-33-35-55(47(3)37-45)49-39-65-69-67(41-49)75(53-25-13-7-14-26-53)63-44-64-60(43-59(63)71(69)57-29-17-19-31-61(57)73(65)51-21-9-5-10-22-51)72-58-30-18-20-32-62(58)74(52-23-11-6-12-24-52)66-40-50(56-36-34-46(2)38-48(56)4)42-68(70(66)72)76(64)54-27-15-8-16-28-54/h5-44H,1-4H3. The van der Waals surface area contributed by atoms with Gasteiger partial charge in [-0.05, 0) is 185 Å². The number of fused-ring (bicyclic) bond motifs is 8. The lowest BCUT2D eigenvalue weighted by Crippen LogP contribution is -2.65. The van der Waals surface area contributed by atoms with Gasteiger partial charge in [0, 0.05) is 68.2 Å². The van der Waals surface area contributed by atoms with Crippen LogP contribution in [-0.4, -0.2) is 13.4 Å². The highest BCUT2D eigenvalue weighted by Crippen LogP contribution is 2.50. The number of nitrogens with zero attached hydrogens (tertiary/aromatic N) is 4. The quantitative estimate of drug-likeness (QED) is 0.154. The van der Waals surface area contributed by atoms with E-state index >= 15 is 0 Å². The first-order valence-corrected chi connectivity index (χ1v) is 26.7. The third-order valence-electron chi connectivity index (χ3n) is 16.5. The van der Waals surface area contributed by atoms with E-state index < -0.39 is 0 Å². The lowest BCUT2D eigenvalue weighted by Gasteiger charge is -2.47. The zero-order valence-electron chi connectivity index (χ0n) is 43.0. The molecule has 4 heterocycles. The van der Waals surface area contributed by atoms with Crippen LogP contribution in [0.25, 0.3) is 22.3 Å². The molecule has 0 amide bonds. The van der Waals surface area contributed by atoms with Crippen LogP contribution in [0.5, 0.6) is 0 Å². The first-order chi connectivity index (χ1) is 37.4. The van der Waals surface area contributed by atoms with Gasteiger partial charge in [0.2, 0.25) is 0 Å². The third kappa shape index (κ3) is 6.66. The number of anilines is 12. The molecule has 6 heteroatoms. The summed E-state index contributed by atoms with van der Waals surface area (Å²) in [5.41, 5.74) is 31.8. The fourth-order valence-electron chi connectivity index (χ4n) is 13.4. The minimum atomic E-state index is -0.0767. The van der Waals surface area contributed by atoms with Crippen molar-refractivity contribution in [1.29, 1.82) is 0 Å². The highest BCUT2D eigenvalue weighted by Gasteiger charge is 2.48. The molecular weight excluding hydrogens is 918 g/mol. The van der Waals surface area contributed by atoms with E-state index in [2.05, 4.69) is 290 Å². The minimum Gasteiger partial charge on any atom is -0.311 e. The van der Waals surface area contributed by atoms with Gasteiger partial charge in [-0.3, -0.25) is 0 Å². The van der Waals surface area contributed by atoms with Crippen molar-refractivity contribution >= 4 is 114 Å². The van der Waals surface area contributed by atoms with E-state index in [1.165, 1.54) is 123 Å². The second-order valence-corrected chi connectivity index (χ2v) is 21.1. The minimum absolute atomic E-state index is 0.0767. The first kappa shape index (κ1) is 44.3. The molecule has 11 aromatic rings. The molecule has 0 radical (unpaired) electrons. The molecule has 0 atom stereocenters. The summed E-state index contributed by atoms with van der Waals surface area (Å²) in [6, 6.07) is 91.3. The Morgan fingerprint density at radius 3 is 0.908 bits per heavy atom. The van der Waals surface area contributed by atoms with Crippen molar-refractivity contribution in [2.75, 3.05) is 19.6 Å². The molecule has 0 saturated heterocycles. The maximum absolute atomic E-state index is 2.63. The Labute approximate surface area is 446 Å². The van der Waals surface area contributed by atoms with Crippen LogP contribution in [0.15, 0.2) is 243 Å². The second-order valence-electron chi connectivity index (χ2n) is 21.1. The predicted molar refractivity (Wildman–Crippen MR) is 324 cm³/mol. The Hall–Kier alpha value is -9.25. The van der Waals surface area contributed by atoms with E-state index in [1.807, 2.05) is 0 Å². The van der Waals surface area contributed by atoms with Gasteiger partial charge in [-0.1, -0.05) is 163 Å². The Morgan fingerprint density at radius 2 is 0.566 bits per heavy atom. The van der Waals surface area contributed by atoms with Gasteiger partial charge in [0.15, 0.2) is 0 Å². The zero-order chi connectivity index (χ0) is 50.8. The van der Waals surface area contributed by atoms with Crippen molar-refractivity contribution in [3.8, 4) is 22.3 Å². The summed E-state index contributed by atoms with van der Waals surface area (Å²) in [6.45, 7) is 8.74. The van der Waals surface area contributed by atoms with Crippen molar-refractivity contribution in [2.24, 2.45) is 0 Å². The van der Waals surface area contributed by atoms with Crippen LogP contribution in [0, 0.1) is 27.7 Å². The number of para-hydroxylation sites is 6. The van der Waals surface area contributed by atoms with Gasteiger partial charge in [-0.25, -0.2) is 0 Å². The van der Waals surface area contributed by atoms with E-state index in [0.717, 1.165) is 22.7 Å². The molecule has 0 N–H and O–H groups in total. The number of hydrogen-bond donors (Lipinski definition) is 0. The van der Waals surface area contributed by atoms with Gasteiger partial charge in [-0.2, -0.15) is 0 Å². The fraction of sp³-hybridized carbons (Fsp3) is 0.0571. The molecular formula is C70H52B2N4. The van der Waals surface area contributed by atoms with Crippen LogP contribution in [0.2, 0.25) is 0 Å². The summed E-state index contributed by atoms with van der Waals surface area (Å²) in [5.74, 6) is 0. The van der Waals surface area contributed by atoms with Crippen LogP contribution < -0.4 is 52.4 Å². The monoisotopic (exact) mass is 970 g/mol. The molecule has 0 aliphatic carbocycles. The van der Waals surface area contributed by atoms with Crippen LogP contribution >= 0.6 is 0 Å². The summed E-state index contributed by atoms with van der Waals surface area (Å²) in [4.78, 5) is 10.2. The van der Waals surface area contributed by atoms with Crippen LogP contribution in [0.4, 0.5) is 68.2 Å². The molecule has 0 unspecified atom stereocenters. The highest BCUT2D eigenvalue weighted by atomic mass is 15.2. The number of hydrogen-bond acceptors (Lipinski definition) is 4. The fourth-order valence-corrected chi connectivity index (χ4v) is 13.4. The van der Waals surface area contributed by atoms with Gasteiger partial charge in [0.05, 0.1) is 0 Å². The van der Waals surface area contributed by atoms with E-state index in [4.69, 9.17) is 0 Å². The molecule has 11 aromatic carbocycles. The molecule has 4 aliphatic rings. The molecule has 0 fully saturated rings. The number of benzene rings is 11. The van der Waals surface area contributed by atoms with Gasteiger partial charge in [-0.15, -0.1) is 0 Å². The molecule has 0 aromatic heterocycles. The Bertz CT molecular complexity index is 3880. The maximum Gasteiger partial charge on any atom is 0.252 e. The van der Waals surface area contributed by atoms with Gasteiger partial charge >= 0.3 is 0 Å². The summed E-state index contributed by atoms with van der Waals surface area (Å²) in [6.07, 6.45) is 0. The van der Waals surface area contributed by atoms with E-state index in [-0.39, 0.29) is 13.4 Å². The second kappa shape index (κ2) is 17.2. The normalized spacial score (nSPS) is 13.4. The van der Waals surface area contributed by atoms with E-state index in [0.29, 0.717) is 0 Å². The van der Waals surface area contributed by atoms with Crippen molar-refractivity contribution in [3.63, 3.8) is 0 Å². The molecule has 76 heavy (non-hydrogen) atoms. The van der Waals surface area contributed by atoms with Gasteiger partial charge in [0.25, 0.3) is 13.4 Å². The topological polar surface area (TPSA) is 13.0 Å². The van der Waals surface area contributed by atoms with Crippen LogP contribution in [0.3, 0.4) is 0 Å². The summed E-state index contributed by atoms with van der Waals surface area (Å²) < 4.78 is 0. The number of rotatable bonds is 6. The lowest BCUT2D eigenvalue weighted by atomic mass is 9.30. The zero-order valence-corrected chi connectivity index (χ0v) is 43.0. The molecule has 4 aliphatic heterocycles. The Balaban J connectivity index is 1.08. The predicted octanol–water partition coefficient (Wildman–Crippen LogP) is 14.4. The van der Waals surface area contributed by atoms with E-state index in [1.54, 1.807) is 0 Å². The van der Waals surface area contributed by atoms with Gasteiger partial charge < -0.3 is 19.6 Å². The number of aryl methyl sites for hydroxylation is 4. The Kier molecular flexibility index (Phi) is 9.99. The molecule has 4 nitrogen and oxygen atoms in total. The first-order valence-electron chi connectivity index (χ1n) is 26.7. The summed E-state index contributed by atoms with van der Waals surface area (Å²) >= 11 is 0. The summed E-state index contributed by atoms with van der Waals surface area (Å²) in [5, 5.41) is 0. The maximum atomic E-state index is 2.63. The van der Waals surface area contributed by atoms with Gasteiger partial charge in [0.1, 0.15) is 0 Å². The van der Waals surface area contributed by atoms with Crippen LogP contribution in [-0.2, 0) is 0 Å².